The van der Waals surface area contributed by atoms with E-state index in [0.29, 0.717) is 31.4 Å². The van der Waals surface area contributed by atoms with Gasteiger partial charge in [0.25, 0.3) is 0 Å². The Kier molecular flexibility index (Phi) is 5.48. The molecule has 1 saturated heterocycles. The molecule has 1 aromatic heterocycles. The Bertz CT molecular complexity index is 946. The first kappa shape index (κ1) is 21.3. The molecule has 11 heteroatoms. The average Bonchev–Trinajstić information content (AvgIpc) is 2.65. The van der Waals surface area contributed by atoms with Crippen molar-refractivity contribution in [3.05, 3.63) is 17.6 Å². The molecule has 1 fully saturated rings. The van der Waals surface area contributed by atoms with Crippen LogP contribution in [0.3, 0.4) is 0 Å². The summed E-state index contributed by atoms with van der Waals surface area (Å²) in [4.78, 5) is 12.9. The molecule has 2 atom stereocenters. The van der Waals surface area contributed by atoms with Crippen LogP contribution >= 0.6 is 0 Å². The number of morpholine rings is 1. The molecule has 3 heterocycles. The van der Waals surface area contributed by atoms with Gasteiger partial charge in [0.1, 0.15) is 22.9 Å². The minimum atomic E-state index is -3.52. The van der Waals surface area contributed by atoms with Crippen molar-refractivity contribution in [3.63, 3.8) is 0 Å². The van der Waals surface area contributed by atoms with Crippen LogP contribution in [0.25, 0.3) is 0 Å². The molecule has 2 aliphatic heterocycles. The summed E-state index contributed by atoms with van der Waals surface area (Å²) >= 11 is 0. The molecule has 3 rings (SSSR count). The first-order valence-corrected chi connectivity index (χ1v) is 11.2. The monoisotopic (exact) mass is 424 g/mol. The van der Waals surface area contributed by atoms with Crippen molar-refractivity contribution in [2.45, 2.75) is 37.6 Å². The molecule has 29 heavy (non-hydrogen) atoms. The molecule has 0 saturated carbocycles. The summed E-state index contributed by atoms with van der Waals surface area (Å²) in [7, 11) is -1.85. The molecule has 10 nitrogen and oxygen atoms in total. The zero-order valence-corrected chi connectivity index (χ0v) is 18.2. The Morgan fingerprint density at radius 3 is 2.66 bits per heavy atom. The lowest BCUT2D eigenvalue weighted by molar-refractivity contribution is 0.0482. The third-order valence-corrected chi connectivity index (χ3v) is 7.52. The Labute approximate surface area is 171 Å². The van der Waals surface area contributed by atoms with E-state index in [4.69, 9.17) is 20.6 Å². The molecule has 1 aromatic rings. The number of aromatic nitrogens is 2. The van der Waals surface area contributed by atoms with E-state index in [-0.39, 0.29) is 29.5 Å². The fourth-order valence-corrected chi connectivity index (χ4v) is 3.86. The summed E-state index contributed by atoms with van der Waals surface area (Å²) in [5.41, 5.74) is 6.30. The van der Waals surface area contributed by atoms with Gasteiger partial charge in [-0.15, -0.1) is 0 Å². The highest BCUT2D eigenvalue weighted by Crippen LogP contribution is 2.44. The van der Waals surface area contributed by atoms with E-state index < -0.39 is 14.6 Å². The van der Waals surface area contributed by atoms with Crippen LogP contribution in [-0.4, -0.2) is 69.8 Å². The van der Waals surface area contributed by atoms with Gasteiger partial charge < -0.3 is 25.5 Å². The molecule has 0 aliphatic carbocycles. The van der Waals surface area contributed by atoms with Crippen molar-refractivity contribution in [2.75, 3.05) is 42.9 Å². The number of nitrogens with zero attached hydrogens (tertiary/aromatic N) is 4. The van der Waals surface area contributed by atoms with Gasteiger partial charge in [-0.3, -0.25) is 4.90 Å². The number of ether oxygens (including phenoxy) is 2. The Morgan fingerprint density at radius 1 is 1.34 bits per heavy atom. The van der Waals surface area contributed by atoms with Gasteiger partial charge in [-0.2, -0.15) is 4.98 Å². The quantitative estimate of drug-likeness (QED) is 0.652. The van der Waals surface area contributed by atoms with Crippen LogP contribution in [0.1, 0.15) is 26.5 Å². The summed E-state index contributed by atoms with van der Waals surface area (Å²) < 4.78 is 35.5. The molecule has 1 unspecified atom stereocenters. The van der Waals surface area contributed by atoms with Crippen LogP contribution in [0.15, 0.2) is 11.9 Å². The molecule has 0 amide bonds. The topological polar surface area (TPSA) is 135 Å². The number of anilines is 2. The maximum Gasteiger partial charge on any atom is 0.233 e. The predicted molar refractivity (Wildman–Crippen MR) is 111 cm³/mol. The second-order valence-electron chi connectivity index (χ2n) is 7.88. The Hall–Kier alpha value is -2.40. The predicted octanol–water partition coefficient (Wildman–Crippen LogP) is 0.628. The summed E-state index contributed by atoms with van der Waals surface area (Å²) in [6.45, 7) is 6.62. The highest BCUT2D eigenvalue weighted by atomic mass is 32.2. The number of sulfone groups is 1. The molecule has 3 N–H and O–H groups in total. The summed E-state index contributed by atoms with van der Waals surface area (Å²) in [6, 6.07) is 0.0103. The van der Waals surface area contributed by atoms with Crippen LogP contribution in [-0.2, 0) is 19.3 Å². The molecule has 0 bridgehead atoms. The largest absolute Gasteiger partial charge is 0.486 e. The lowest BCUT2D eigenvalue weighted by atomic mass is 10.0. The number of fused-ring (bicyclic) bond motifs is 3. The van der Waals surface area contributed by atoms with Gasteiger partial charge in [0.2, 0.25) is 5.95 Å². The van der Waals surface area contributed by atoms with Gasteiger partial charge in [0.15, 0.2) is 21.4 Å². The number of nitrogens with one attached hydrogen (secondary N) is 1. The second kappa shape index (κ2) is 7.45. The Balaban J connectivity index is 2.26. The number of nitrogens with two attached hydrogens (primary N) is 1. The van der Waals surface area contributed by atoms with E-state index >= 15 is 0 Å². The fourth-order valence-electron chi connectivity index (χ4n) is 3.37. The van der Waals surface area contributed by atoms with Crippen molar-refractivity contribution >= 4 is 27.8 Å². The van der Waals surface area contributed by atoms with Crippen molar-refractivity contribution in [3.8, 4) is 5.75 Å². The lowest BCUT2D eigenvalue weighted by Crippen LogP contribution is -2.56. The maximum atomic E-state index is 12.6. The molecule has 0 spiro atoms. The molecule has 160 valence electrons. The van der Waals surface area contributed by atoms with Crippen LogP contribution in [0.4, 0.5) is 11.8 Å². The van der Waals surface area contributed by atoms with E-state index in [1.54, 1.807) is 20.9 Å². The van der Waals surface area contributed by atoms with Crippen LogP contribution in [0.2, 0.25) is 0 Å². The SMILES string of the molecule is C[C@@H]1COCC2COc3c(nc(N(C)/C(N)=C/C=N)nc3C(C)(C)S(C)(=O)=O)N21. The number of allylic oxidation sites excluding steroid dienone is 1. The van der Waals surface area contributed by atoms with Crippen molar-refractivity contribution in [1.29, 1.82) is 5.41 Å². The first-order chi connectivity index (χ1) is 13.5. The lowest BCUT2D eigenvalue weighted by Gasteiger charge is -2.45. The summed E-state index contributed by atoms with van der Waals surface area (Å²) in [5.74, 6) is 1.39. The second-order valence-corrected chi connectivity index (χ2v) is 10.4. The third kappa shape index (κ3) is 3.64. The molecule has 2 aliphatic rings. The number of rotatable bonds is 5. The zero-order valence-electron chi connectivity index (χ0n) is 17.3. The van der Waals surface area contributed by atoms with E-state index in [0.717, 1.165) is 6.21 Å². The standard InChI is InChI=1S/C18H28N6O4S/c1-11-8-27-9-12-10-28-14-15(18(2,3)29(5,25)26)21-17(22-16(14)24(11)12)23(4)13(20)6-7-19/h6-7,11-12,19H,8-10,20H2,1-5H3/b13-6+,19-7?/t11-,12?/m1/s1. The molecule has 0 radical (unpaired) electrons. The van der Waals surface area contributed by atoms with Crippen molar-refractivity contribution in [1.82, 2.24) is 9.97 Å². The van der Waals surface area contributed by atoms with Gasteiger partial charge >= 0.3 is 0 Å². The minimum absolute atomic E-state index is 0.0250. The van der Waals surface area contributed by atoms with Crippen LogP contribution in [0.5, 0.6) is 5.75 Å². The van der Waals surface area contributed by atoms with Gasteiger partial charge in [0, 0.05) is 19.5 Å². The molecular formula is C18H28N6O4S. The molecule has 0 aromatic carbocycles. The summed E-state index contributed by atoms with van der Waals surface area (Å²) in [5, 5.41) is 7.24. The van der Waals surface area contributed by atoms with Gasteiger partial charge in [-0.05, 0) is 26.8 Å². The summed E-state index contributed by atoms with van der Waals surface area (Å²) in [6.07, 6.45) is 3.65. The molecular weight excluding hydrogens is 396 g/mol. The van der Waals surface area contributed by atoms with Crippen LogP contribution in [0, 0.1) is 5.41 Å². The highest BCUT2D eigenvalue weighted by Gasteiger charge is 2.44. The first-order valence-electron chi connectivity index (χ1n) is 9.30. The number of hydrogen-bond acceptors (Lipinski definition) is 10. The van der Waals surface area contributed by atoms with E-state index in [1.165, 1.54) is 17.2 Å². The van der Waals surface area contributed by atoms with Crippen molar-refractivity contribution < 1.29 is 17.9 Å². The van der Waals surface area contributed by atoms with Gasteiger partial charge in [-0.25, -0.2) is 13.4 Å². The van der Waals surface area contributed by atoms with Crippen LogP contribution < -0.4 is 20.3 Å². The van der Waals surface area contributed by atoms with Gasteiger partial charge in [-0.1, -0.05) is 0 Å². The third-order valence-electron chi connectivity index (χ3n) is 5.48. The maximum absolute atomic E-state index is 12.6. The van der Waals surface area contributed by atoms with E-state index in [1.807, 2.05) is 6.92 Å². The fraction of sp³-hybridized carbons (Fsp3) is 0.611. The van der Waals surface area contributed by atoms with Crippen molar-refractivity contribution in [2.24, 2.45) is 5.73 Å². The average molecular weight is 425 g/mol. The normalized spacial score (nSPS) is 22.4. The van der Waals surface area contributed by atoms with Gasteiger partial charge in [0.05, 0.1) is 25.3 Å². The zero-order chi connectivity index (χ0) is 21.6. The number of hydrogen-bond donors (Lipinski definition) is 2. The Morgan fingerprint density at radius 2 is 2.03 bits per heavy atom. The van der Waals surface area contributed by atoms with E-state index in [2.05, 4.69) is 14.9 Å². The smallest absolute Gasteiger partial charge is 0.233 e. The van der Waals surface area contributed by atoms with E-state index in [9.17, 15) is 8.42 Å². The highest BCUT2D eigenvalue weighted by molar-refractivity contribution is 7.91. The minimum Gasteiger partial charge on any atom is -0.486 e.